The van der Waals surface area contributed by atoms with Gasteiger partial charge in [0.05, 0.1) is 6.26 Å². The van der Waals surface area contributed by atoms with Crippen LogP contribution in [0.5, 0.6) is 0 Å². The maximum Gasteiger partial charge on any atom is 0.133 e. The lowest BCUT2D eigenvalue weighted by molar-refractivity contribution is 0.464. The van der Waals surface area contributed by atoms with Crippen molar-refractivity contribution in [2.24, 2.45) is 5.92 Å². The van der Waals surface area contributed by atoms with Crippen LogP contribution in [-0.4, -0.2) is 0 Å². The normalized spacial score (nSPS) is 20.6. The molecule has 0 fully saturated rings. The molecule has 0 saturated carbocycles. The van der Waals surface area contributed by atoms with E-state index in [9.17, 15) is 0 Å². The van der Waals surface area contributed by atoms with Gasteiger partial charge in [-0.15, -0.1) is 0 Å². The Hall–Kier alpha value is -2.28. The Balaban J connectivity index is 1.78. The molecule has 0 radical (unpaired) electrons. The molecule has 2 atom stereocenters. The molecule has 22 heavy (non-hydrogen) atoms. The van der Waals surface area contributed by atoms with Crippen molar-refractivity contribution in [2.45, 2.75) is 25.7 Å². The highest BCUT2D eigenvalue weighted by molar-refractivity contribution is 5.59. The Kier molecular flexibility index (Phi) is 3.34. The molecule has 0 spiro atoms. The predicted octanol–water partition coefficient (Wildman–Crippen LogP) is 5.66. The van der Waals surface area contributed by atoms with Crippen LogP contribution < -0.4 is 0 Å². The van der Waals surface area contributed by atoms with E-state index in [0.717, 1.165) is 11.7 Å². The summed E-state index contributed by atoms with van der Waals surface area (Å²) in [6.45, 7) is 2.36. The van der Waals surface area contributed by atoms with Crippen LogP contribution >= 0.6 is 0 Å². The molecule has 1 aliphatic carbocycles. The van der Waals surface area contributed by atoms with Gasteiger partial charge in [-0.3, -0.25) is 0 Å². The summed E-state index contributed by atoms with van der Waals surface area (Å²) >= 11 is 0. The molecule has 1 aromatic heterocycles. The van der Waals surface area contributed by atoms with Gasteiger partial charge in [0.2, 0.25) is 0 Å². The van der Waals surface area contributed by atoms with Crippen molar-refractivity contribution in [3.05, 3.63) is 83.6 Å². The van der Waals surface area contributed by atoms with Crippen molar-refractivity contribution in [2.75, 3.05) is 0 Å². The van der Waals surface area contributed by atoms with Gasteiger partial charge in [0.15, 0.2) is 0 Å². The van der Waals surface area contributed by atoms with Crippen LogP contribution in [0.4, 0.5) is 0 Å². The van der Waals surface area contributed by atoms with E-state index in [1.165, 1.54) is 35.1 Å². The van der Waals surface area contributed by atoms with Gasteiger partial charge in [-0.1, -0.05) is 49.4 Å². The molecule has 1 aliphatic rings. The number of furan rings is 1. The topological polar surface area (TPSA) is 13.1 Å². The zero-order chi connectivity index (χ0) is 14.9. The summed E-state index contributed by atoms with van der Waals surface area (Å²) in [5.41, 5.74) is 5.57. The van der Waals surface area contributed by atoms with Crippen molar-refractivity contribution < 1.29 is 4.42 Å². The predicted molar refractivity (Wildman–Crippen MR) is 89.9 cm³/mol. The second-order valence-electron chi connectivity index (χ2n) is 6.40. The smallest absolute Gasteiger partial charge is 0.133 e. The lowest BCUT2D eigenvalue weighted by atomic mass is 9.74. The second-order valence-corrected chi connectivity index (χ2v) is 6.40. The van der Waals surface area contributed by atoms with Crippen LogP contribution in [0.15, 0.2) is 71.3 Å². The molecule has 1 heteroatoms. The Morgan fingerprint density at radius 2 is 1.86 bits per heavy atom. The van der Waals surface area contributed by atoms with Gasteiger partial charge in [0.1, 0.15) is 5.76 Å². The number of hydrogen-bond donors (Lipinski definition) is 0. The minimum atomic E-state index is 0.495. The molecule has 110 valence electrons. The summed E-state index contributed by atoms with van der Waals surface area (Å²) < 4.78 is 5.55. The van der Waals surface area contributed by atoms with Gasteiger partial charge >= 0.3 is 0 Å². The fraction of sp³-hybridized carbons (Fsp3) is 0.238. The van der Waals surface area contributed by atoms with Crippen molar-refractivity contribution in [3.63, 3.8) is 0 Å². The molecule has 2 aromatic carbocycles. The number of fused-ring (bicyclic) bond motifs is 1. The standard InChI is InChI=1S/C21H20O/c1-15-12-16-6-2-3-9-19(16)20(13-15)17-7-4-8-18(14-17)21-10-5-11-22-21/h2-11,14-15,20H,12-13H2,1H3/t15-,20-/m0/s1. The largest absolute Gasteiger partial charge is 0.464 e. The van der Waals surface area contributed by atoms with Crippen LogP contribution in [-0.2, 0) is 6.42 Å². The molecule has 4 rings (SSSR count). The highest BCUT2D eigenvalue weighted by Crippen LogP contribution is 2.40. The molecule has 0 unspecified atom stereocenters. The van der Waals surface area contributed by atoms with Crippen molar-refractivity contribution in [3.8, 4) is 11.3 Å². The summed E-state index contributed by atoms with van der Waals surface area (Å²) in [6.07, 6.45) is 4.16. The zero-order valence-corrected chi connectivity index (χ0v) is 12.8. The number of benzene rings is 2. The van der Waals surface area contributed by atoms with Gasteiger partial charge in [0.25, 0.3) is 0 Å². The van der Waals surface area contributed by atoms with Gasteiger partial charge in [-0.25, -0.2) is 0 Å². The molecule has 3 aromatic rings. The van der Waals surface area contributed by atoms with E-state index in [-0.39, 0.29) is 0 Å². The van der Waals surface area contributed by atoms with E-state index >= 15 is 0 Å². The average molecular weight is 288 g/mol. The summed E-state index contributed by atoms with van der Waals surface area (Å²) in [5.74, 6) is 2.17. The summed E-state index contributed by atoms with van der Waals surface area (Å²) in [5, 5.41) is 0. The first-order chi connectivity index (χ1) is 10.8. The second kappa shape index (κ2) is 5.49. The third-order valence-corrected chi connectivity index (χ3v) is 4.73. The third kappa shape index (κ3) is 2.37. The summed E-state index contributed by atoms with van der Waals surface area (Å²) in [7, 11) is 0. The molecule has 1 nitrogen and oxygen atoms in total. The molecular weight excluding hydrogens is 268 g/mol. The van der Waals surface area contributed by atoms with Crippen molar-refractivity contribution in [1.82, 2.24) is 0 Å². The first kappa shape index (κ1) is 13.4. The van der Waals surface area contributed by atoms with Crippen LogP contribution in [0, 0.1) is 5.92 Å². The third-order valence-electron chi connectivity index (χ3n) is 4.73. The van der Waals surface area contributed by atoms with E-state index < -0.39 is 0 Å². The number of hydrogen-bond acceptors (Lipinski definition) is 1. The highest BCUT2D eigenvalue weighted by atomic mass is 16.3. The lowest BCUT2D eigenvalue weighted by Crippen LogP contribution is -2.17. The fourth-order valence-corrected chi connectivity index (χ4v) is 3.72. The molecular formula is C21H20O. The minimum Gasteiger partial charge on any atom is -0.464 e. The van der Waals surface area contributed by atoms with Gasteiger partial charge in [-0.05, 0) is 53.6 Å². The van der Waals surface area contributed by atoms with E-state index in [4.69, 9.17) is 4.42 Å². The van der Waals surface area contributed by atoms with Crippen LogP contribution in [0.2, 0.25) is 0 Å². The molecule has 0 N–H and O–H groups in total. The maximum absolute atomic E-state index is 5.55. The lowest BCUT2D eigenvalue weighted by Gasteiger charge is -2.30. The van der Waals surface area contributed by atoms with Crippen molar-refractivity contribution in [1.29, 1.82) is 0 Å². The van der Waals surface area contributed by atoms with Crippen molar-refractivity contribution >= 4 is 0 Å². The first-order valence-electron chi connectivity index (χ1n) is 8.03. The summed E-state index contributed by atoms with van der Waals surface area (Å²) in [6, 6.07) is 21.7. The van der Waals surface area contributed by atoms with E-state index in [2.05, 4.69) is 55.5 Å². The van der Waals surface area contributed by atoms with E-state index in [1.54, 1.807) is 6.26 Å². The fourth-order valence-electron chi connectivity index (χ4n) is 3.72. The summed E-state index contributed by atoms with van der Waals surface area (Å²) in [4.78, 5) is 0. The molecule has 0 amide bonds. The van der Waals surface area contributed by atoms with E-state index in [1.807, 2.05) is 12.1 Å². The van der Waals surface area contributed by atoms with Gasteiger partial charge < -0.3 is 4.42 Å². The van der Waals surface area contributed by atoms with Crippen LogP contribution in [0.3, 0.4) is 0 Å². The molecule has 1 heterocycles. The average Bonchev–Trinajstić information content (AvgIpc) is 3.09. The molecule has 0 bridgehead atoms. The SMILES string of the molecule is C[C@H]1Cc2ccccc2[C@H](c2cccc(-c3ccco3)c2)C1. The van der Waals surface area contributed by atoms with Crippen LogP contribution in [0.1, 0.15) is 36.0 Å². The van der Waals surface area contributed by atoms with Gasteiger partial charge in [-0.2, -0.15) is 0 Å². The minimum absolute atomic E-state index is 0.495. The Labute approximate surface area is 131 Å². The number of rotatable bonds is 2. The monoisotopic (exact) mass is 288 g/mol. The highest BCUT2D eigenvalue weighted by Gasteiger charge is 2.25. The van der Waals surface area contributed by atoms with Gasteiger partial charge in [0, 0.05) is 11.5 Å². The van der Waals surface area contributed by atoms with E-state index in [0.29, 0.717) is 5.92 Å². The quantitative estimate of drug-likeness (QED) is 0.593. The first-order valence-corrected chi connectivity index (χ1v) is 8.03. The van der Waals surface area contributed by atoms with Crippen LogP contribution in [0.25, 0.3) is 11.3 Å². The molecule has 0 aliphatic heterocycles. The Morgan fingerprint density at radius 3 is 2.73 bits per heavy atom. The Morgan fingerprint density at radius 1 is 0.955 bits per heavy atom. The molecule has 0 saturated heterocycles. The Bertz CT molecular complexity index is 770. The maximum atomic E-state index is 5.55. The zero-order valence-electron chi connectivity index (χ0n) is 12.8.